The first-order valence-corrected chi connectivity index (χ1v) is 5.57. The summed E-state index contributed by atoms with van der Waals surface area (Å²) in [6.07, 6.45) is 4.02. The van der Waals surface area contributed by atoms with Gasteiger partial charge in [0.1, 0.15) is 11.6 Å². The van der Waals surface area contributed by atoms with Crippen LogP contribution in [0.3, 0.4) is 0 Å². The smallest absolute Gasteiger partial charge is 0.148 e. The summed E-state index contributed by atoms with van der Waals surface area (Å²) in [7, 11) is 0. The third-order valence-corrected chi connectivity index (χ3v) is 3.06. The second kappa shape index (κ2) is 4.47. The summed E-state index contributed by atoms with van der Waals surface area (Å²) in [6, 6.07) is 3.65. The number of aromatic nitrogens is 2. The van der Waals surface area contributed by atoms with Crippen LogP contribution in [0.5, 0.6) is 0 Å². The summed E-state index contributed by atoms with van der Waals surface area (Å²) >= 11 is 0. The van der Waals surface area contributed by atoms with Crippen molar-refractivity contribution in [3.05, 3.63) is 12.1 Å². The molecule has 4 heteroatoms. The molecule has 0 bridgehead atoms. The van der Waals surface area contributed by atoms with Gasteiger partial charge in [0, 0.05) is 6.54 Å². The second-order valence-corrected chi connectivity index (χ2v) is 4.51. The van der Waals surface area contributed by atoms with Crippen LogP contribution in [0.15, 0.2) is 12.1 Å². The quantitative estimate of drug-likeness (QED) is 0.793. The molecule has 2 rings (SSSR count). The molecule has 82 valence electrons. The predicted molar refractivity (Wildman–Crippen MR) is 61.4 cm³/mol. The topological polar surface area (TPSA) is 63.8 Å². The standard InChI is InChI=1S/C11H18N4/c1-8-2-3-9(6-8)7-13-11-5-4-10(12)14-15-11/h4-5,8-9H,2-3,6-7H2,1H3,(H2,12,14)(H,13,15). The lowest BCUT2D eigenvalue weighted by Crippen LogP contribution is -2.12. The Bertz CT molecular complexity index is 309. The van der Waals surface area contributed by atoms with Crippen LogP contribution in [0.25, 0.3) is 0 Å². The lowest BCUT2D eigenvalue weighted by Gasteiger charge is -2.10. The molecule has 0 saturated heterocycles. The van der Waals surface area contributed by atoms with Crippen molar-refractivity contribution in [2.75, 3.05) is 17.6 Å². The molecule has 1 saturated carbocycles. The zero-order valence-electron chi connectivity index (χ0n) is 9.11. The van der Waals surface area contributed by atoms with Gasteiger partial charge in [-0.15, -0.1) is 10.2 Å². The van der Waals surface area contributed by atoms with Crippen molar-refractivity contribution in [3.63, 3.8) is 0 Å². The molecule has 1 aliphatic carbocycles. The molecule has 15 heavy (non-hydrogen) atoms. The van der Waals surface area contributed by atoms with Crippen LogP contribution in [-0.2, 0) is 0 Å². The highest BCUT2D eigenvalue weighted by Crippen LogP contribution is 2.30. The Morgan fingerprint density at radius 2 is 2.27 bits per heavy atom. The van der Waals surface area contributed by atoms with Crippen molar-refractivity contribution in [3.8, 4) is 0 Å². The van der Waals surface area contributed by atoms with E-state index in [2.05, 4.69) is 22.4 Å². The fourth-order valence-electron chi connectivity index (χ4n) is 2.20. The molecule has 1 aromatic heterocycles. The lowest BCUT2D eigenvalue weighted by atomic mass is 10.1. The van der Waals surface area contributed by atoms with Gasteiger partial charge in [-0.25, -0.2) is 0 Å². The zero-order valence-corrected chi connectivity index (χ0v) is 9.11. The minimum Gasteiger partial charge on any atom is -0.382 e. The number of nitrogens with one attached hydrogen (secondary N) is 1. The van der Waals surface area contributed by atoms with Crippen molar-refractivity contribution in [1.29, 1.82) is 0 Å². The summed E-state index contributed by atoms with van der Waals surface area (Å²) in [5.41, 5.74) is 5.46. The number of nitrogens with two attached hydrogens (primary N) is 1. The van der Waals surface area contributed by atoms with Gasteiger partial charge in [-0.1, -0.05) is 13.3 Å². The van der Waals surface area contributed by atoms with Gasteiger partial charge >= 0.3 is 0 Å². The molecule has 2 unspecified atom stereocenters. The Morgan fingerprint density at radius 3 is 2.87 bits per heavy atom. The van der Waals surface area contributed by atoms with Crippen LogP contribution in [-0.4, -0.2) is 16.7 Å². The fraction of sp³-hybridized carbons (Fsp3) is 0.636. The van der Waals surface area contributed by atoms with Gasteiger partial charge in [-0.05, 0) is 36.8 Å². The van der Waals surface area contributed by atoms with Crippen molar-refractivity contribution in [2.24, 2.45) is 11.8 Å². The van der Waals surface area contributed by atoms with E-state index in [1.165, 1.54) is 19.3 Å². The van der Waals surface area contributed by atoms with E-state index in [9.17, 15) is 0 Å². The number of nitrogens with zero attached hydrogens (tertiary/aromatic N) is 2. The number of hydrogen-bond donors (Lipinski definition) is 2. The van der Waals surface area contributed by atoms with Gasteiger partial charge in [0.25, 0.3) is 0 Å². The molecule has 3 N–H and O–H groups in total. The second-order valence-electron chi connectivity index (χ2n) is 4.51. The average Bonchev–Trinajstić information content (AvgIpc) is 2.64. The maximum Gasteiger partial charge on any atom is 0.148 e. The van der Waals surface area contributed by atoms with E-state index in [0.717, 1.165) is 24.2 Å². The van der Waals surface area contributed by atoms with Gasteiger partial charge in [-0.2, -0.15) is 0 Å². The summed E-state index contributed by atoms with van der Waals surface area (Å²) in [4.78, 5) is 0. The van der Waals surface area contributed by atoms with Gasteiger partial charge in [0.2, 0.25) is 0 Å². The van der Waals surface area contributed by atoms with Crippen molar-refractivity contribution < 1.29 is 0 Å². The maximum atomic E-state index is 5.46. The molecule has 0 aliphatic heterocycles. The largest absolute Gasteiger partial charge is 0.382 e. The minimum absolute atomic E-state index is 0.468. The van der Waals surface area contributed by atoms with E-state index < -0.39 is 0 Å². The molecule has 1 aromatic rings. The summed E-state index contributed by atoms with van der Waals surface area (Å²) in [5, 5.41) is 11.1. The monoisotopic (exact) mass is 206 g/mol. The van der Waals surface area contributed by atoms with Crippen LogP contribution in [0, 0.1) is 11.8 Å². The average molecular weight is 206 g/mol. The lowest BCUT2D eigenvalue weighted by molar-refractivity contribution is 0.536. The first-order valence-electron chi connectivity index (χ1n) is 5.57. The first kappa shape index (κ1) is 10.2. The van der Waals surface area contributed by atoms with E-state index in [1.807, 2.05) is 6.07 Å². The molecule has 0 radical (unpaired) electrons. The zero-order chi connectivity index (χ0) is 10.7. The van der Waals surface area contributed by atoms with E-state index in [4.69, 9.17) is 5.73 Å². The SMILES string of the molecule is CC1CCC(CNc2ccc(N)nn2)C1. The number of anilines is 2. The fourth-order valence-corrected chi connectivity index (χ4v) is 2.20. The first-order chi connectivity index (χ1) is 7.24. The van der Waals surface area contributed by atoms with Crippen LogP contribution in [0.2, 0.25) is 0 Å². The van der Waals surface area contributed by atoms with Crippen molar-refractivity contribution >= 4 is 11.6 Å². The van der Waals surface area contributed by atoms with Gasteiger partial charge < -0.3 is 11.1 Å². The van der Waals surface area contributed by atoms with E-state index in [0.29, 0.717) is 5.82 Å². The molecule has 4 nitrogen and oxygen atoms in total. The molecule has 1 fully saturated rings. The highest BCUT2D eigenvalue weighted by Gasteiger charge is 2.20. The molecule has 2 atom stereocenters. The van der Waals surface area contributed by atoms with Crippen LogP contribution >= 0.6 is 0 Å². The van der Waals surface area contributed by atoms with Gasteiger partial charge in [0.15, 0.2) is 0 Å². The Kier molecular flexibility index (Phi) is 3.04. The Labute approximate surface area is 90.3 Å². The number of rotatable bonds is 3. The third kappa shape index (κ3) is 2.81. The normalized spacial score (nSPS) is 25.4. The molecular weight excluding hydrogens is 188 g/mol. The van der Waals surface area contributed by atoms with Crippen LogP contribution in [0.1, 0.15) is 26.2 Å². The van der Waals surface area contributed by atoms with Crippen molar-refractivity contribution in [2.45, 2.75) is 26.2 Å². The van der Waals surface area contributed by atoms with Gasteiger partial charge in [-0.3, -0.25) is 0 Å². The van der Waals surface area contributed by atoms with E-state index in [-0.39, 0.29) is 0 Å². The van der Waals surface area contributed by atoms with Crippen molar-refractivity contribution in [1.82, 2.24) is 10.2 Å². The number of nitrogen functional groups attached to an aromatic ring is 1. The Morgan fingerprint density at radius 1 is 1.40 bits per heavy atom. The molecule has 0 amide bonds. The van der Waals surface area contributed by atoms with Crippen LogP contribution < -0.4 is 11.1 Å². The minimum atomic E-state index is 0.468. The highest BCUT2D eigenvalue weighted by atomic mass is 15.2. The third-order valence-electron chi connectivity index (χ3n) is 3.06. The molecule has 1 heterocycles. The Balaban J connectivity index is 1.80. The molecule has 0 aromatic carbocycles. The highest BCUT2D eigenvalue weighted by molar-refractivity contribution is 5.38. The Hall–Kier alpha value is -1.32. The predicted octanol–water partition coefficient (Wildman–Crippen LogP) is 1.91. The molecule has 0 spiro atoms. The summed E-state index contributed by atoms with van der Waals surface area (Å²) in [6.45, 7) is 3.33. The maximum absolute atomic E-state index is 5.46. The molecule has 1 aliphatic rings. The van der Waals surface area contributed by atoms with E-state index >= 15 is 0 Å². The number of hydrogen-bond acceptors (Lipinski definition) is 4. The summed E-state index contributed by atoms with van der Waals surface area (Å²) < 4.78 is 0. The van der Waals surface area contributed by atoms with Crippen LogP contribution in [0.4, 0.5) is 11.6 Å². The van der Waals surface area contributed by atoms with Gasteiger partial charge in [0.05, 0.1) is 0 Å². The van der Waals surface area contributed by atoms with E-state index in [1.54, 1.807) is 6.07 Å². The summed E-state index contributed by atoms with van der Waals surface area (Å²) in [5.74, 6) is 2.97. The molecular formula is C11H18N4.